The minimum absolute atomic E-state index is 0.0601. The van der Waals surface area contributed by atoms with Crippen LogP contribution in [0.2, 0.25) is 5.02 Å². The van der Waals surface area contributed by atoms with Gasteiger partial charge >= 0.3 is 0 Å². The van der Waals surface area contributed by atoms with E-state index in [-0.39, 0.29) is 24.7 Å². The molecule has 124 valence electrons. The van der Waals surface area contributed by atoms with Crippen molar-refractivity contribution in [2.24, 2.45) is 5.10 Å². The molecule has 2 amide bonds. The standard InChI is InChI=1S/C18H18ClN3O2/c1-13-11-15(19)7-8-16(13)21-17(23)9-10-18(24)22-20-12-14-5-3-2-4-6-14/h2-8,11-12H,9-10H2,1H3,(H,21,23)(H,22,24). The average Bonchev–Trinajstić information content (AvgIpc) is 2.56. The second-order valence-corrected chi connectivity index (χ2v) is 5.65. The molecule has 5 nitrogen and oxygen atoms in total. The summed E-state index contributed by atoms with van der Waals surface area (Å²) in [6.07, 6.45) is 1.69. The van der Waals surface area contributed by atoms with Crippen LogP contribution >= 0.6 is 11.6 Å². The molecule has 2 aromatic carbocycles. The fourth-order valence-electron chi connectivity index (χ4n) is 1.98. The lowest BCUT2D eigenvalue weighted by molar-refractivity contribution is -0.124. The van der Waals surface area contributed by atoms with Crippen LogP contribution in [0.3, 0.4) is 0 Å². The molecular weight excluding hydrogens is 326 g/mol. The molecule has 0 aromatic heterocycles. The summed E-state index contributed by atoms with van der Waals surface area (Å²) >= 11 is 5.87. The fourth-order valence-corrected chi connectivity index (χ4v) is 2.21. The van der Waals surface area contributed by atoms with Gasteiger partial charge in [0.05, 0.1) is 6.21 Å². The molecular formula is C18H18ClN3O2. The van der Waals surface area contributed by atoms with Crippen LogP contribution in [0.1, 0.15) is 24.0 Å². The normalized spacial score (nSPS) is 10.6. The number of amides is 2. The highest BCUT2D eigenvalue weighted by Gasteiger charge is 2.08. The maximum Gasteiger partial charge on any atom is 0.240 e. The topological polar surface area (TPSA) is 70.6 Å². The summed E-state index contributed by atoms with van der Waals surface area (Å²) < 4.78 is 0. The zero-order chi connectivity index (χ0) is 17.4. The number of carbonyl (C=O) groups excluding carboxylic acids is 2. The predicted octanol–water partition coefficient (Wildman–Crippen LogP) is 3.52. The van der Waals surface area contributed by atoms with E-state index in [1.54, 1.807) is 24.4 Å². The summed E-state index contributed by atoms with van der Waals surface area (Å²) in [6.45, 7) is 1.85. The van der Waals surface area contributed by atoms with E-state index in [0.717, 1.165) is 11.1 Å². The number of rotatable bonds is 6. The molecule has 0 atom stereocenters. The van der Waals surface area contributed by atoms with E-state index in [0.29, 0.717) is 10.7 Å². The Bertz CT molecular complexity index is 745. The van der Waals surface area contributed by atoms with Crippen molar-refractivity contribution in [3.63, 3.8) is 0 Å². The van der Waals surface area contributed by atoms with Gasteiger partial charge in [-0.2, -0.15) is 5.10 Å². The van der Waals surface area contributed by atoms with Crippen molar-refractivity contribution in [1.82, 2.24) is 5.43 Å². The number of benzene rings is 2. The average molecular weight is 344 g/mol. The van der Waals surface area contributed by atoms with Gasteiger partial charge in [0, 0.05) is 23.6 Å². The first-order chi connectivity index (χ1) is 11.5. The molecule has 0 aliphatic carbocycles. The third-order valence-corrected chi connectivity index (χ3v) is 3.48. The molecule has 0 bridgehead atoms. The lowest BCUT2D eigenvalue weighted by Crippen LogP contribution is -2.20. The number of hydrogen-bond donors (Lipinski definition) is 2. The zero-order valence-electron chi connectivity index (χ0n) is 13.3. The van der Waals surface area contributed by atoms with Crippen LogP contribution in [0.4, 0.5) is 5.69 Å². The van der Waals surface area contributed by atoms with Gasteiger partial charge in [0.25, 0.3) is 0 Å². The minimum atomic E-state index is -0.315. The Morgan fingerprint density at radius 2 is 1.79 bits per heavy atom. The van der Waals surface area contributed by atoms with Crippen LogP contribution in [0.5, 0.6) is 0 Å². The number of nitrogens with one attached hydrogen (secondary N) is 2. The first kappa shape index (κ1) is 17.7. The number of hydrazone groups is 1. The molecule has 0 saturated carbocycles. The molecule has 0 unspecified atom stereocenters. The van der Waals surface area contributed by atoms with E-state index in [4.69, 9.17) is 11.6 Å². The second kappa shape index (κ2) is 8.84. The monoisotopic (exact) mass is 343 g/mol. The quantitative estimate of drug-likeness (QED) is 0.622. The number of nitrogens with zero attached hydrogens (tertiary/aromatic N) is 1. The van der Waals surface area contributed by atoms with Gasteiger partial charge in [-0.3, -0.25) is 9.59 Å². The molecule has 2 rings (SSSR count). The van der Waals surface area contributed by atoms with Crippen LogP contribution in [0.25, 0.3) is 0 Å². The van der Waals surface area contributed by atoms with E-state index >= 15 is 0 Å². The molecule has 6 heteroatoms. The van der Waals surface area contributed by atoms with Crippen LogP contribution in [-0.4, -0.2) is 18.0 Å². The molecule has 2 N–H and O–H groups in total. The van der Waals surface area contributed by atoms with E-state index in [1.165, 1.54) is 0 Å². The van der Waals surface area contributed by atoms with Crippen molar-refractivity contribution in [2.45, 2.75) is 19.8 Å². The largest absolute Gasteiger partial charge is 0.326 e. The minimum Gasteiger partial charge on any atom is -0.326 e. The predicted molar refractivity (Wildman–Crippen MR) is 96.2 cm³/mol. The highest BCUT2D eigenvalue weighted by Crippen LogP contribution is 2.19. The summed E-state index contributed by atoms with van der Waals surface area (Å²) in [5.41, 5.74) is 4.84. The Kier molecular flexibility index (Phi) is 6.51. The Hall–Kier alpha value is -2.66. The third-order valence-electron chi connectivity index (χ3n) is 3.24. The van der Waals surface area contributed by atoms with E-state index in [9.17, 15) is 9.59 Å². The van der Waals surface area contributed by atoms with Crippen molar-refractivity contribution in [1.29, 1.82) is 0 Å². The zero-order valence-corrected chi connectivity index (χ0v) is 14.0. The van der Waals surface area contributed by atoms with E-state index in [1.807, 2.05) is 37.3 Å². The summed E-state index contributed by atoms with van der Waals surface area (Å²) in [7, 11) is 0. The third kappa shape index (κ3) is 5.85. The summed E-state index contributed by atoms with van der Waals surface area (Å²) in [5.74, 6) is -0.548. The van der Waals surface area contributed by atoms with Gasteiger partial charge < -0.3 is 5.32 Å². The van der Waals surface area contributed by atoms with Crippen molar-refractivity contribution >= 4 is 35.3 Å². The van der Waals surface area contributed by atoms with E-state index in [2.05, 4.69) is 15.8 Å². The molecule has 0 heterocycles. The van der Waals surface area contributed by atoms with Crippen molar-refractivity contribution < 1.29 is 9.59 Å². The van der Waals surface area contributed by atoms with Gasteiger partial charge in [0.1, 0.15) is 0 Å². The Labute approximate surface area is 145 Å². The number of hydrogen-bond acceptors (Lipinski definition) is 3. The molecule has 2 aromatic rings. The Morgan fingerprint density at radius 1 is 1.08 bits per heavy atom. The van der Waals surface area contributed by atoms with Crippen molar-refractivity contribution in [3.05, 3.63) is 64.7 Å². The second-order valence-electron chi connectivity index (χ2n) is 5.21. The molecule has 24 heavy (non-hydrogen) atoms. The highest BCUT2D eigenvalue weighted by atomic mass is 35.5. The summed E-state index contributed by atoms with van der Waals surface area (Å²) in [6, 6.07) is 14.6. The number of carbonyl (C=O) groups is 2. The Morgan fingerprint density at radius 3 is 2.50 bits per heavy atom. The molecule has 0 aliphatic heterocycles. The van der Waals surface area contributed by atoms with Gasteiger partial charge in [-0.15, -0.1) is 0 Å². The molecule has 0 fully saturated rings. The Balaban J connectivity index is 1.75. The van der Waals surface area contributed by atoms with Crippen LogP contribution in [0.15, 0.2) is 53.6 Å². The molecule has 0 spiro atoms. The first-order valence-electron chi connectivity index (χ1n) is 7.47. The van der Waals surface area contributed by atoms with Crippen molar-refractivity contribution in [2.75, 3.05) is 5.32 Å². The van der Waals surface area contributed by atoms with Gasteiger partial charge in [-0.1, -0.05) is 41.9 Å². The number of halogens is 1. The molecule has 0 aliphatic rings. The lowest BCUT2D eigenvalue weighted by atomic mass is 10.2. The highest BCUT2D eigenvalue weighted by molar-refractivity contribution is 6.30. The van der Waals surface area contributed by atoms with Gasteiger partial charge in [0.15, 0.2) is 0 Å². The molecule has 0 saturated heterocycles. The number of aryl methyl sites for hydroxylation is 1. The number of anilines is 1. The van der Waals surface area contributed by atoms with Crippen LogP contribution in [-0.2, 0) is 9.59 Å². The lowest BCUT2D eigenvalue weighted by Gasteiger charge is -2.08. The first-order valence-corrected chi connectivity index (χ1v) is 7.85. The summed E-state index contributed by atoms with van der Waals surface area (Å²) in [4.78, 5) is 23.6. The van der Waals surface area contributed by atoms with Gasteiger partial charge in [-0.05, 0) is 36.2 Å². The molecule has 0 radical (unpaired) electrons. The van der Waals surface area contributed by atoms with Crippen LogP contribution in [0, 0.1) is 6.92 Å². The smallest absolute Gasteiger partial charge is 0.240 e. The van der Waals surface area contributed by atoms with Crippen molar-refractivity contribution in [3.8, 4) is 0 Å². The fraction of sp³-hybridized carbons (Fsp3) is 0.167. The van der Waals surface area contributed by atoms with E-state index < -0.39 is 0 Å². The van der Waals surface area contributed by atoms with Crippen LogP contribution < -0.4 is 10.7 Å². The maximum atomic E-state index is 11.9. The van der Waals surface area contributed by atoms with Gasteiger partial charge in [-0.25, -0.2) is 5.43 Å². The maximum absolute atomic E-state index is 11.9. The SMILES string of the molecule is Cc1cc(Cl)ccc1NC(=O)CCC(=O)NN=Cc1ccccc1. The summed E-state index contributed by atoms with van der Waals surface area (Å²) in [5, 5.41) is 7.23. The van der Waals surface area contributed by atoms with Gasteiger partial charge in [0.2, 0.25) is 11.8 Å².